The summed E-state index contributed by atoms with van der Waals surface area (Å²) in [4.78, 5) is 24.4. The van der Waals surface area contributed by atoms with E-state index < -0.39 is 27.9 Å². The first-order valence-electron chi connectivity index (χ1n) is 7.90. The molecule has 1 aliphatic heterocycles. The van der Waals surface area contributed by atoms with Crippen molar-refractivity contribution in [2.24, 2.45) is 5.92 Å². The molecule has 1 aliphatic carbocycles. The smallest absolute Gasteiger partial charge is 0.311 e. The van der Waals surface area contributed by atoms with Crippen LogP contribution in [0.2, 0.25) is 0 Å². The zero-order chi connectivity index (χ0) is 16.6. The molecule has 124 valence electrons. The van der Waals surface area contributed by atoms with E-state index in [-0.39, 0.29) is 11.5 Å². The molecule has 0 spiro atoms. The number of rotatable bonds is 2. The molecule has 7 nitrogen and oxygen atoms in total. The van der Waals surface area contributed by atoms with E-state index in [1.807, 2.05) is 0 Å². The van der Waals surface area contributed by atoms with Crippen LogP contribution in [-0.4, -0.2) is 44.6 Å². The Bertz CT molecular complexity index is 647. The maximum atomic E-state index is 12.6. The van der Waals surface area contributed by atoms with Crippen molar-refractivity contribution in [1.82, 2.24) is 4.90 Å². The minimum Gasteiger partial charge on any atom is -0.502 e. The molecule has 1 amide bonds. The summed E-state index contributed by atoms with van der Waals surface area (Å²) in [5, 5.41) is 31.6. The number of fused-ring (bicyclic) bond motifs is 1. The number of para-hydroxylation sites is 1. The van der Waals surface area contributed by atoms with Crippen LogP contribution in [0.3, 0.4) is 0 Å². The van der Waals surface area contributed by atoms with Crippen LogP contribution in [0.5, 0.6) is 5.75 Å². The fourth-order valence-electron chi connectivity index (χ4n) is 3.78. The fraction of sp³-hybridized carbons (Fsp3) is 0.562. The Morgan fingerprint density at radius 1 is 1.35 bits per heavy atom. The Kier molecular flexibility index (Phi) is 3.97. The number of carbonyl (C=O) groups is 1. The zero-order valence-corrected chi connectivity index (χ0v) is 12.8. The van der Waals surface area contributed by atoms with Gasteiger partial charge in [-0.3, -0.25) is 14.9 Å². The number of piperidine rings is 1. The van der Waals surface area contributed by atoms with Crippen LogP contribution in [0, 0.1) is 16.0 Å². The van der Waals surface area contributed by atoms with Gasteiger partial charge in [-0.15, -0.1) is 0 Å². The summed E-state index contributed by atoms with van der Waals surface area (Å²) >= 11 is 0. The average molecular weight is 320 g/mol. The number of nitro groups is 1. The number of phenols is 1. The van der Waals surface area contributed by atoms with Crippen molar-refractivity contribution < 1.29 is 19.9 Å². The molecule has 23 heavy (non-hydrogen) atoms. The van der Waals surface area contributed by atoms with E-state index in [4.69, 9.17) is 0 Å². The molecule has 3 rings (SSSR count). The molecule has 2 atom stereocenters. The monoisotopic (exact) mass is 320 g/mol. The van der Waals surface area contributed by atoms with Crippen LogP contribution in [0.25, 0.3) is 0 Å². The van der Waals surface area contributed by atoms with Crippen molar-refractivity contribution >= 4 is 11.6 Å². The molecular formula is C16H20N2O5. The molecular weight excluding hydrogens is 300 g/mol. The van der Waals surface area contributed by atoms with Gasteiger partial charge < -0.3 is 15.1 Å². The van der Waals surface area contributed by atoms with Gasteiger partial charge in [0.1, 0.15) is 0 Å². The van der Waals surface area contributed by atoms with Gasteiger partial charge in [-0.1, -0.05) is 18.9 Å². The zero-order valence-electron chi connectivity index (χ0n) is 12.8. The maximum absolute atomic E-state index is 12.6. The second-order valence-electron chi connectivity index (χ2n) is 6.48. The van der Waals surface area contributed by atoms with Gasteiger partial charge in [-0.2, -0.15) is 0 Å². The molecule has 0 bridgehead atoms. The summed E-state index contributed by atoms with van der Waals surface area (Å²) in [7, 11) is 0. The number of likely N-dealkylation sites (tertiary alicyclic amines) is 1. The predicted octanol–water partition coefficient (Wildman–Crippen LogP) is 2.07. The van der Waals surface area contributed by atoms with Crippen molar-refractivity contribution in [3.63, 3.8) is 0 Å². The molecule has 0 unspecified atom stereocenters. The van der Waals surface area contributed by atoms with E-state index in [0.717, 1.165) is 25.7 Å². The summed E-state index contributed by atoms with van der Waals surface area (Å²) in [6, 6.07) is 3.96. The lowest BCUT2D eigenvalue weighted by molar-refractivity contribution is -0.385. The highest BCUT2D eigenvalue weighted by molar-refractivity contribution is 5.98. The molecule has 2 fully saturated rings. The Balaban J connectivity index is 1.82. The molecule has 7 heteroatoms. The summed E-state index contributed by atoms with van der Waals surface area (Å²) in [6.45, 7) is 0.825. The van der Waals surface area contributed by atoms with E-state index in [1.54, 1.807) is 4.90 Å². The number of carbonyl (C=O) groups excluding carboxylic acids is 1. The summed E-state index contributed by atoms with van der Waals surface area (Å²) in [5.74, 6) is -0.972. The highest BCUT2D eigenvalue weighted by atomic mass is 16.6. The largest absolute Gasteiger partial charge is 0.502 e. The first-order valence-corrected chi connectivity index (χ1v) is 7.90. The average Bonchev–Trinajstić information content (AvgIpc) is 2.53. The number of amides is 1. The van der Waals surface area contributed by atoms with E-state index in [2.05, 4.69) is 0 Å². The summed E-state index contributed by atoms with van der Waals surface area (Å²) in [5.41, 5.74) is -1.22. The first kappa shape index (κ1) is 15.7. The number of aromatic hydroxyl groups is 1. The number of hydrogen-bond acceptors (Lipinski definition) is 5. The number of benzene rings is 1. The molecule has 1 aromatic carbocycles. The maximum Gasteiger partial charge on any atom is 0.311 e. The van der Waals surface area contributed by atoms with Gasteiger partial charge in [0.2, 0.25) is 5.75 Å². The third-order valence-corrected chi connectivity index (χ3v) is 5.16. The normalized spacial score (nSPS) is 27.3. The van der Waals surface area contributed by atoms with Crippen molar-refractivity contribution in [3.05, 3.63) is 33.9 Å². The lowest BCUT2D eigenvalue weighted by Gasteiger charge is -2.47. The van der Waals surface area contributed by atoms with E-state index in [9.17, 15) is 25.1 Å². The second-order valence-corrected chi connectivity index (χ2v) is 6.48. The molecule has 1 saturated carbocycles. The molecule has 0 radical (unpaired) electrons. The Morgan fingerprint density at radius 3 is 2.87 bits per heavy atom. The molecule has 1 heterocycles. The SMILES string of the molecule is O=C(c1cccc([N+](=O)[O-])c1O)N1CC[C@@]2(O)CCCC[C@@H]2C1. The lowest BCUT2D eigenvalue weighted by atomic mass is 9.71. The van der Waals surface area contributed by atoms with Crippen molar-refractivity contribution in [3.8, 4) is 5.75 Å². The molecule has 0 aromatic heterocycles. The number of nitro benzene ring substituents is 1. The van der Waals surface area contributed by atoms with E-state index in [0.29, 0.717) is 19.5 Å². The van der Waals surface area contributed by atoms with Crippen LogP contribution < -0.4 is 0 Å². The van der Waals surface area contributed by atoms with Gasteiger partial charge in [-0.25, -0.2) is 0 Å². The minimum absolute atomic E-state index is 0.0368. The van der Waals surface area contributed by atoms with Gasteiger partial charge in [0.05, 0.1) is 16.1 Å². The molecule has 2 N–H and O–H groups in total. The molecule has 1 saturated heterocycles. The van der Waals surface area contributed by atoms with Crippen molar-refractivity contribution in [2.75, 3.05) is 13.1 Å². The Morgan fingerprint density at radius 2 is 2.13 bits per heavy atom. The standard InChI is InChI=1S/C16H20N2O5/c19-14-12(5-3-6-13(14)18(22)23)15(20)17-9-8-16(21)7-2-1-4-11(16)10-17/h3,5-6,11,19,21H,1-2,4,7-10H2/t11-,16+/m1/s1. The summed E-state index contributed by atoms with van der Waals surface area (Å²) in [6.07, 6.45) is 4.20. The topological polar surface area (TPSA) is 104 Å². The van der Waals surface area contributed by atoms with Gasteiger partial charge >= 0.3 is 5.69 Å². The third-order valence-electron chi connectivity index (χ3n) is 5.16. The first-order chi connectivity index (χ1) is 10.9. The van der Waals surface area contributed by atoms with E-state index in [1.165, 1.54) is 18.2 Å². The number of aliphatic hydroxyl groups is 1. The highest BCUT2D eigenvalue weighted by Crippen LogP contribution is 2.40. The fourth-order valence-corrected chi connectivity index (χ4v) is 3.78. The Hall–Kier alpha value is -2.15. The molecule has 2 aliphatic rings. The lowest BCUT2D eigenvalue weighted by Crippen LogP contribution is -2.54. The minimum atomic E-state index is -0.706. The van der Waals surface area contributed by atoms with Crippen molar-refractivity contribution in [1.29, 1.82) is 0 Å². The quantitative estimate of drug-likeness (QED) is 0.641. The van der Waals surface area contributed by atoms with Gasteiger partial charge in [0.15, 0.2) is 0 Å². The van der Waals surface area contributed by atoms with Gasteiger partial charge in [0, 0.05) is 25.1 Å². The second kappa shape index (κ2) is 5.81. The third kappa shape index (κ3) is 2.76. The number of phenolic OH excluding ortho intramolecular Hbond substituents is 1. The van der Waals surface area contributed by atoms with E-state index >= 15 is 0 Å². The summed E-state index contributed by atoms with van der Waals surface area (Å²) < 4.78 is 0. The van der Waals surface area contributed by atoms with Crippen molar-refractivity contribution in [2.45, 2.75) is 37.7 Å². The van der Waals surface area contributed by atoms with Gasteiger partial charge in [-0.05, 0) is 25.3 Å². The van der Waals surface area contributed by atoms with Crippen LogP contribution >= 0.6 is 0 Å². The highest BCUT2D eigenvalue weighted by Gasteiger charge is 2.44. The van der Waals surface area contributed by atoms with Gasteiger partial charge in [0.25, 0.3) is 5.91 Å². The predicted molar refractivity (Wildman–Crippen MR) is 82.2 cm³/mol. The van der Waals surface area contributed by atoms with Crippen LogP contribution in [0.4, 0.5) is 5.69 Å². The number of hydrogen-bond donors (Lipinski definition) is 2. The van der Waals surface area contributed by atoms with Crippen LogP contribution in [0.1, 0.15) is 42.5 Å². The number of nitrogens with zero attached hydrogens (tertiary/aromatic N) is 2. The van der Waals surface area contributed by atoms with Crippen LogP contribution in [-0.2, 0) is 0 Å². The Labute approximate surface area is 133 Å². The molecule has 1 aromatic rings. The van der Waals surface area contributed by atoms with Crippen LogP contribution in [0.15, 0.2) is 18.2 Å².